The molecule has 2 aliphatic carbocycles. The zero-order valence-electron chi connectivity index (χ0n) is 11.4. The minimum absolute atomic E-state index is 0.102. The van der Waals surface area contributed by atoms with Crippen LogP contribution in [0.25, 0.3) is 0 Å². The van der Waals surface area contributed by atoms with Gasteiger partial charge < -0.3 is 16.8 Å². The van der Waals surface area contributed by atoms with Crippen LogP contribution in [-0.2, 0) is 0 Å². The van der Waals surface area contributed by atoms with Crippen molar-refractivity contribution < 1.29 is 0 Å². The zero-order chi connectivity index (χ0) is 13.3. The first-order chi connectivity index (χ1) is 8.49. The van der Waals surface area contributed by atoms with Gasteiger partial charge in [-0.3, -0.25) is 0 Å². The Morgan fingerprint density at radius 1 is 1.39 bits per heavy atom. The van der Waals surface area contributed by atoms with Crippen LogP contribution in [0.1, 0.15) is 39.5 Å². The first-order valence-corrected chi connectivity index (χ1v) is 7.12. The SMILES string of the molecule is CCNC1CC(C(N)C2CC2)CC1C(C)(N)N=O. The van der Waals surface area contributed by atoms with Crippen LogP contribution in [0.5, 0.6) is 0 Å². The van der Waals surface area contributed by atoms with Crippen LogP contribution in [-0.4, -0.2) is 24.3 Å². The van der Waals surface area contributed by atoms with Gasteiger partial charge in [-0.25, -0.2) is 0 Å². The molecule has 0 aromatic carbocycles. The van der Waals surface area contributed by atoms with Crippen molar-refractivity contribution in [3.8, 4) is 0 Å². The van der Waals surface area contributed by atoms with Crippen LogP contribution in [0.4, 0.5) is 0 Å². The number of hydrogen-bond acceptors (Lipinski definition) is 5. The minimum atomic E-state index is -0.981. The topological polar surface area (TPSA) is 93.5 Å². The first kappa shape index (κ1) is 13.9. The van der Waals surface area contributed by atoms with E-state index in [1.807, 2.05) is 0 Å². The third-order valence-corrected chi connectivity index (χ3v) is 4.72. The molecule has 0 spiro atoms. The Bertz CT molecular complexity index is 303. The second-order valence-corrected chi connectivity index (χ2v) is 6.23. The van der Waals surface area contributed by atoms with Gasteiger partial charge >= 0.3 is 0 Å². The summed E-state index contributed by atoms with van der Waals surface area (Å²) in [5.74, 6) is 1.28. The molecule has 2 fully saturated rings. The van der Waals surface area contributed by atoms with E-state index in [4.69, 9.17) is 11.5 Å². The van der Waals surface area contributed by atoms with E-state index in [0.717, 1.165) is 19.4 Å². The van der Waals surface area contributed by atoms with Gasteiger partial charge in [-0.15, -0.1) is 4.91 Å². The second kappa shape index (κ2) is 5.23. The first-order valence-electron chi connectivity index (χ1n) is 7.12. The number of nitrogens with one attached hydrogen (secondary N) is 1. The normalized spacial score (nSPS) is 37.2. The highest BCUT2D eigenvalue weighted by Gasteiger charge is 2.47. The Balaban J connectivity index is 2.05. The summed E-state index contributed by atoms with van der Waals surface area (Å²) in [7, 11) is 0. The summed E-state index contributed by atoms with van der Waals surface area (Å²) in [4.78, 5) is 11.0. The number of nitrogens with two attached hydrogens (primary N) is 2. The minimum Gasteiger partial charge on any atom is -0.327 e. The van der Waals surface area contributed by atoms with Crippen molar-refractivity contribution in [2.75, 3.05) is 6.54 Å². The quantitative estimate of drug-likeness (QED) is 0.620. The summed E-state index contributed by atoms with van der Waals surface area (Å²) in [6, 6.07) is 0.552. The van der Waals surface area contributed by atoms with Crippen molar-refractivity contribution in [1.29, 1.82) is 0 Å². The highest BCUT2D eigenvalue weighted by molar-refractivity contribution is 5.03. The van der Waals surface area contributed by atoms with Gasteiger partial charge in [0.15, 0.2) is 5.66 Å². The van der Waals surface area contributed by atoms with Crippen molar-refractivity contribution in [1.82, 2.24) is 5.32 Å². The fraction of sp³-hybridized carbons (Fsp3) is 1.00. The molecular weight excluding hydrogens is 228 g/mol. The van der Waals surface area contributed by atoms with Gasteiger partial charge in [0.05, 0.1) is 0 Å². The number of hydrogen-bond donors (Lipinski definition) is 3. The standard InChI is InChI=1S/C13H26N4O/c1-3-16-11-7-9(12(14)8-4-5-8)6-10(11)13(2,15)17-18/h8-12,16H,3-7,14-15H2,1-2H3. The predicted octanol–water partition coefficient (Wildman–Crippen LogP) is 1.17. The third-order valence-electron chi connectivity index (χ3n) is 4.72. The lowest BCUT2D eigenvalue weighted by Gasteiger charge is -2.29. The van der Waals surface area contributed by atoms with Crippen LogP contribution >= 0.6 is 0 Å². The molecule has 5 nitrogen and oxygen atoms in total. The summed E-state index contributed by atoms with van der Waals surface area (Å²) in [6.45, 7) is 4.70. The van der Waals surface area contributed by atoms with Gasteiger partial charge in [0.1, 0.15) is 0 Å². The van der Waals surface area contributed by atoms with Gasteiger partial charge in [0.2, 0.25) is 0 Å². The lowest BCUT2D eigenvalue weighted by Crippen LogP contribution is -2.49. The monoisotopic (exact) mass is 254 g/mol. The summed E-state index contributed by atoms with van der Waals surface area (Å²) < 4.78 is 0. The maximum Gasteiger partial charge on any atom is 0.151 e. The maximum absolute atomic E-state index is 11.0. The lowest BCUT2D eigenvalue weighted by atomic mass is 9.88. The Morgan fingerprint density at radius 3 is 2.56 bits per heavy atom. The number of nitroso groups, excluding NO2 is 1. The number of nitrogens with zero attached hydrogens (tertiary/aromatic N) is 1. The van der Waals surface area contributed by atoms with Crippen LogP contribution in [0.2, 0.25) is 0 Å². The second-order valence-electron chi connectivity index (χ2n) is 6.23. The molecule has 5 unspecified atom stereocenters. The maximum atomic E-state index is 11.0. The van der Waals surface area contributed by atoms with Crippen LogP contribution in [0, 0.1) is 22.7 Å². The van der Waals surface area contributed by atoms with Crippen molar-refractivity contribution >= 4 is 0 Å². The molecule has 104 valence electrons. The largest absolute Gasteiger partial charge is 0.327 e. The van der Waals surface area contributed by atoms with Crippen LogP contribution in [0.15, 0.2) is 5.18 Å². The van der Waals surface area contributed by atoms with E-state index in [9.17, 15) is 4.91 Å². The molecule has 0 heterocycles. The zero-order valence-corrected chi connectivity index (χ0v) is 11.4. The molecule has 0 amide bonds. The molecule has 2 saturated carbocycles. The van der Waals surface area contributed by atoms with Crippen LogP contribution < -0.4 is 16.8 Å². The molecule has 0 saturated heterocycles. The molecule has 0 aromatic heterocycles. The fourth-order valence-electron chi connectivity index (χ4n) is 3.46. The molecule has 5 N–H and O–H groups in total. The van der Waals surface area contributed by atoms with E-state index in [1.165, 1.54) is 12.8 Å². The Kier molecular flexibility index (Phi) is 4.04. The smallest absolute Gasteiger partial charge is 0.151 e. The van der Waals surface area contributed by atoms with Gasteiger partial charge in [0, 0.05) is 18.0 Å². The van der Waals surface area contributed by atoms with Gasteiger partial charge in [0.25, 0.3) is 0 Å². The fourth-order valence-corrected chi connectivity index (χ4v) is 3.46. The van der Waals surface area contributed by atoms with Gasteiger partial charge in [-0.2, -0.15) is 0 Å². The molecule has 2 aliphatic rings. The highest BCUT2D eigenvalue weighted by Crippen LogP contribution is 2.44. The van der Waals surface area contributed by atoms with Crippen LogP contribution in [0.3, 0.4) is 0 Å². The molecule has 5 heteroatoms. The lowest BCUT2D eigenvalue weighted by molar-refractivity contribution is 0.253. The van der Waals surface area contributed by atoms with E-state index >= 15 is 0 Å². The molecule has 2 rings (SSSR count). The molecule has 5 atom stereocenters. The Labute approximate surface area is 109 Å². The third kappa shape index (κ3) is 2.73. The van der Waals surface area contributed by atoms with Gasteiger partial charge in [-0.05, 0) is 56.2 Å². The Morgan fingerprint density at radius 2 is 2.06 bits per heavy atom. The predicted molar refractivity (Wildman–Crippen MR) is 72.8 cm³/mol. The van der Waals surface area contributed by atoms with Crippen molar-refractivity contribution in [2.24, 2.45) is 34.4 Å². The summed E-state index contributed by atoms with van der Waals surface area (Å²) in [5, 5.41) is 6.58. The van der Waals surface area contributed by atoms with Crippen molar-refractivity contribution in [2.45, 2.75) is 57.3 Å². The van der Waals surface area contributed by atoms with E-state index < -0.39 is 5.66 Å². The van der Waals surface area contributed by atoms with Crippen molar-refractivity contribution in [3.63, 3.8) is 0 Å². The molecule has 0 aromatic rings. The Hall–Kier alpha value is -0.520. The van der Waals surface area contributed by atoms with Gasteiger partial charge in [-0.1, -0.05) is 6.92 Å². The summed E-state index contributed by atoms with van der Waals surface area (Å²) in [5.41, 5.74) is 11.4. The molecule has 18 heavy (non-hydrogen) atoms. The summed E-state index contributed by atoms with van der Waals surface area (Å²) in [6.07, 6.45) is 4.48. The number of rotatable bonds is 6. The van der Waals surface area contributed by atoms with E-state index in [1.54, 1.807) is 6.92 Å². The molecule has 0 aliphatic heterocycles. The van der Waals surface area contributed by atoms with E-state index in [2.05, 4.69) is 17.4 Å². The van der Waals surface area contributed by atoms with E-state index in [-0.39, 0.29) is 18.0 Å². The van der Waals surface area contributed by atoms with E-state index in [0.29, 0.717) is 11.8 Å². The molecule has 0 radical (unpaired) electrons. The molecule has 0 bridgehead atoms. The van der Waals surface area contributed by atoms with Crippen molar-refractivity contribution in [3.05, 3.63) is 4.91 Å². The summed E-state index contributed by atoms with van der Waals surface area (Å²) >= 11 is 0. The molecular formula is C13H26N4O. The average molecular weight is 254 g/mol. The highest BCUT2D eigenvalue weighted by atomic mass is 16.3. The average Bonchev–Trinajstić information content (AvgIpc) is 3.10.